The molecular weight excluding hydrogens is 323 g/mol. The molecule has 5 heteroatoms. The summed E-state index contributed by atoms with van der Waals surface area (Å²) in [4.78, 5) is 3.81. The summed E-state index contributed by atoms with van der Waals surface area (Å²) >= 11 is 14.6. The molecule has 1 fully saturated rings. The highest BCUT2D eigenvalue weighted by Gasteiger charge is 2.35. The van der Waals surface area contributed by atoms with Gasteiger partial charge in [0.05, 0.1) is 6.04 Å². The minimum absolute atomic E-state index is 0.0702. The van der Waals surface area contributed by atoms with Gasteiger partial charge in [0.1, 0.15) is 0 Å². The summed E-state index contributed by atoms with van der Waals surface area (Å²) in [7, 11) is 0. The Kier molecular flexibility index (Phi) is 4.87. The van der Waals surface area contributed by atoms with Crippen LogP contribution in [0.25, 0.3) is 0 Å². The normalized spacial score (nSPS) is 16.4. The second-order valence-electron chi connectivity index (χ2n) is 5.37. The van der Waals surface area contributed by atoms with Gasteiger partial charge in [-0.3, -0.25) is 4.90 Å². The van der Waals surface area contributed by atoms with E-state index < -0.39 is 0 Å². The lowest BCUT2D eigenvalue weighted by molar-refractivity contribution is 0.184. The number of rotatable bonds is 6. The maximum Gasteiger partial charge on any atom is 0.0506 e. The molecule has 1 aliphatic rings. The van der Waals surface area contributed by atoms with Crippen LogP contribution in [0, 0.1) is 0 Å². The number of halogens is 2. The summed E-state index contributed by atoms with van der Waals surface area (Å²) in [6, 6.07) is 10.6. The van der Waals surface area contributed by atoms with Crippen molar-refractivity contribution in [3.63, 3.8) is 0 Å². The molecule has 0 spiro atoms. The van der Waals surface area contributed by atoms with E-state index in [0.717, 1.165) is 12.1 Å². The molecule has 2 nitrogen and oxygen atoms in total. The second kappa shape index (κ2) is 6.67. The molecule has 0 bridgehead atoms. The van der Waals surface area contributed by atoms with Gasteiger partial charge in [-0.1, -0.05) is 35.3 Å². The molecule has 2 aromatic rings. The zero-order chi connectivity index (χ0) is 14.8. The van der Waals surface area contributed by atoms with Crippen LogP contribution in [0.5, 0.6) is 0 Å². The van der Waals surface area contributed by atoms with Crippen LogP contribution in [0.2, 0.25) is 10.0 Å². The van der Waals surface area contributed by atoms with Gasteiger partial charge in [0.2, 0.25) is 0 Å². The largest absolute Gasteiger partial charge is 0.329 e. The molecule has 112 valence electrons. The molecule has 1 unspecified atom stereocenters. The van der Waals surface area contributed by atoms with Crippen molar-refractivity contribution in [3.8, 4) is 0 Å². The van der Waals surface area contributed by atoms with Crippen molar-refractivity contribution in [2.24, 2.45) is 5.73 Å². The number of hydrogen-bond donors (Lipinski definition) is 1. The number of hydrogen-bond acceptors (Lipinski definition) is 3. The molecule has 1 aromatic carbocycles. The molecule has 1 saturated carbocycles. The lowest BCUT2D eigenvalue weighted by Gasteiger charge is -2.32. The molecule has 0 saturated heterocycles. The van der Waals surface area contributed by atoms with E-state index in [0.29, 0.717) is 22.6 Å². The monoisotopic (exact) mass is 340 g/mol. The average Bonchev–Trinajstić information content (AvgIpc) is 3.18. The third kappa shape index (κ3) is 3.43. The van der Waals surface area contributed by atoms with E-state index in [2.05, 4.69) is 22.4 Å². The predicted molar refractivity (Wildman–Crippen MR) is 91.1 cm³/mol. The maximum atomic E-state index is 6.39. The van der Waals surface area contributed by atoms with Gasteiger partial charge in [-0.2, -0.15) is 0 Å². The Balaban J connectivity index is 1.92. The highest BCUT2D eigenvalue weighted by Crippen LogP contribution is 2.40. The summed E-state index contributed by atoms with van der Waals surface area (Å²) < 4.78 is 0. The number of benzene rings is 1. The molecule has 3 rings (SSSR count). The molecule has 1 heterocycles. The van der Waals surface area contributed by atoms with E-state index in [4.69, 9.17) is 28.9 Å². The predicted octanol–water partition coefficient (Wildman–Crippen LogP) is 4.72. The molecule has 1 aromatic heterocycles. The SMILES string of the molecule is NCC(c1c(Cl)cccc1Cl)N(Cc1cccs1)C1CC1. The van der Waals surface area contributed by atoms with E-state index in [-0.39, 0.29) is 6.04 Å². The highest BCUT2D eigenvalue weighted by molar-refractivity contribution is 7.09. The molecule has 1 aliphatic carbocycles. The van der Waals surface area contributed by atoms with Crippen LogP contribution in [-0.2, 0) is 6.54 Å². The minimum atomic E-state index is 0.0702. The van der Waals surface area contributed by atoms with Gasteiger partial charge in [0, 0.05) is 39.6 Å². The molecule has 0 radical (unpaired) electrons. The van der Waals surface area contributed by atoms with Crippen LogP contribution in [-0.4, -0.2) is 17.5 Å². The quantitative estimate of drug-likeness (QED) is 0.824. The first-order valence-corrected chi connectivity index (χ1v) is 8.76. The van der Waals surface area contributed by atoms with Crippen LogP contribution >= 0.6 is 34.5 Å². The maximum absolute atomic E-state index is 6.39. The number of thiophene rings is 1. The van der Waals surface area contributed by atoms with Crippen molar-refractivity contribution >= 4 is 34.5 Å². The van der Waals surface area contributed by atoms with Crippen molar-refractivity contribution in [2.45, 2.75) is 31.5 Å². The van der Waals surface area contributed by atoms with Gasteiger partial charge in [0.15, 0.2) is 0 Å². The van der Waals surface area contributed by atoms with Crippen molar-refractivity contribution in [1.82, 2.24) is 4.90 Å². The van der Waals surface area contributed by atoms with Crippen molar-refractivity contribution in [2.75, 3.05) is 6.54 Å². The molecule has 0 amide bonds. The Hall–Kier alpha value is -0.580. The summed E-state index contributed by atoms with van der Waals surface area (Å²) in [6.07, 6.45) is 2.45. The molecule has 21 heavy (non-hydrogen) atoms. The molecular formula is C16H18Cl2N2S. The van der Waals surface area contributed by atoms with Gasteiger partial charge in [-0.15, -0.1) is 11.3 Å². The summed E-state index contributed by atoms with van der Waals surface area (Å²) in [6.45, 7) is 1.43. The first-order chi connectivity index (χ1) is 10.2. The summed E-state index contributed by atoms with van der Waals surface area (Å²) in [5, 5.41) is 3.52. The third-order valence-corrected chi connectivity index (χ3v) is 5.41. The number of nitrogens with zero attached hydrogens (tertiary/aromatic N) is 1. The van der Waals surface area contributed by atoms with E-state index in [1.807, 2.05) is 18.2 Å². The average molecular weight is 341 g/mol. The van der Waals surface area contributed by atoms with Gasteiger partial charge in [-0.05, 0) is 36.4 Å². The Morgan fingerprint density at radius 2 is 1.90 bits per heavy atom. The van der Waals surface area contributed by atoms with Gasteiger partial charge in [0.25, 0.3) is 0 Å². The van der Waals surface area contributed by atoms with Crippen LogP contribution in [0.1, 0.15) is 29.3 Å². The molecule has 0 aliphatic heterocycles. The lowest BCUT2D eigenvalue weighted by Crippen LogP contribution is -2.35. The summed E-state index contributed by atoms with van der Waals surface area (Å²) in [5.41, 5.74) is 7.05. The smallest absolute Gasteiger partial charge is 0.0506 e. The fraction of sp³-hybridized carbons (Fsp3) is 0.375. The van der Waals surface area contributed by atoms with Crippen molar-refractivity contribution < 1.29 is 0 Å². The van der Waals surface area contributed by atoms with Crippen molar-refractivity contribution in [1.29, 1.82) is 0 Å². The van der Waals surface area contributed by atoms with Crippen LogP contribution in [0.15, 0.2) is 35.7 Å². The van der Waals surface area contributed by atoms with Crippen LogP contribution < -0.4 is 5.73 Å². The van der Waals surface area contributed by atoms with Crippen LogP contribution in [0.4, 0.5) is 0 Å². The van der Waals surface area contributed by atoms with Gasteiger partial charge < -0.3 is 5.73 Å². The minimum Gasteiger partial charge on any atom is -0.329 e. The van der Waals surface area contributed by atoms with E-state index in [1.54, 1.807) is 11.3 Å². The fourth-order valence-corrected chi connectivity index (χ4v) is 4.09. The number of nitrogens with two attached hydrogens (primary N) is 1. The van der Waals surface area contributed by atoms with Crippen molar-refractivity contribution in [3.05, 3.63) is 56.2 Å². The van der Waals surface area contributed by atoms with E-state index in [9.17, 15) is 0 Å². The zero-order valence-electron chi connectivity index (χ0n) is 11.6. The third-order valence-electron chi connectivity index (χ3n) is 3.89. The Labute approximate surface area is 139 Å². The highest BCUT2D eigenvalue weighted by atomic mass is 35.5. The Morgan fingerprint density at radius 1 is 1.19 bits per heavy atom. The van der Waals surface area contributed by atoms with Gasteiger partial charge in [-0.25, -0.2) is 0 Å². The summed E-state index contributed by atoms with van der Waals surface area (Å²) in [5.74, 6) is 0. The van der Waals surface area contributed by atoms with E-state index >= 15 is 0 Å². The first-order valence-electron chi connectivity index (χ1n) is 7.12. The standard InChI is InChI=1S/C16H18Cl2N2S/c17-13-4-1-5-14(18)16(13)15(9-19)20(11-6-7-11)10-12-3-2-8-21-12/h1-5,8,11,15H,6-7,9-10,19H2. The van der Waals surface area contributed by atoms with Gasteiger partial charge >= 0.3 is 0 Å². The Bertz CT molecular complexity index is 576. The first kappa shape index (κ1) is 15.3. The fourth-order valence-electron chi connectivity index (χ4n) is 2.73. The molecule has 2 N–H and O–H groups in total. The topological polar surface area (TPSA) is 29.3 Å². The second-order valence-corrected chi connectivity index (χ2v) is 7.22. The van der Waals surface area contributed by atoms with Crippen LogP contribution in [0.3, 0.4) is 0 Å². The Morgan fingerprint density at radius 3 is 2.43 bits per heavy atom. The molecule has 1 atom stereocenters. The lowest BCUT2D eigenvalue weighted by atomic mass is 10.0. The zero-order valence-corrected chi connectivity index (χ0v) is 14.0. The van der Waals surface area contributed by atoms with E-state index in [1.165, 1.54) is 17.7 Å².